The highest BCUT2D eigenvalue weighted by Gasteiger charge is 2.76. The van der Waals surface area contributed by atoms with Crippen molar-refractivity contribution < 1.29 is 41.0 Å². The Bertz CT molecular complexity index is 686. The highest BCUT2D eigenvalue weighted by Crippen LogP contribution is 2.57. The van der Waals surface area contributed by atoms with Gasteiger partial charge in [-0.15, -0.1) is 0 Å². The van der Waals surface area contributed by atoms with Gasteiger partial charge in [0.05, 0.1) is 11.1 Å². The molecule has 11 heteroatoms. The molecule has 0 aromatic carbocycles. The summed E-state index contributed by atoms with van der Waals surface area (Å²) in [5.74, 6) is -0.998. The minimum Gasteiger partial charge on any atom is -0.458 e. The van der Waals surface area contributed by atoms with E-state index in [1.165, 1.54) is 13.8 Å². The van der Waals surface area contributed by atoms with Crippen LogP contribution in [0.15, 0.2) is 0 Å². The minimum atomic E-state index is -6.07. The van der Waals surface area contributed by atoms with Crippen LogP contribution < -0.4 is 10.6 Å². The van der Waals surface area contributed by atoms with Gasteiger partial charge in [0.1, 0.15) is 6.10 Å². The van der Waals surface area contributed by atoms with Gasteiger partial charge in [-0.25, -0.2) is 0 Å². The summed E-state index contributed by atoms with van der Waals surface area (Å²) >= 11 is 0. The maximum absolute atomic E-state index is 13.7. The Balaban J connectivity index is 1.97. The van der Waals surface area contributed by atoms with Crippen LogP contribution in [0.5, 0.6) is 0 Å². The first-order valence-corrected chi connectivity index (χ1v) is 10.5. The number of rotatable bonds is 6. The van der Waals surface area contributed by atoms with Gasteiger partial charge in [-0.2, -0.15) is 26.3 Å². The van der Waals surface area contributed by atoms with Crippen LogP contribution in [0.25, 0.3) is 0 Å². The lowest BCUT2D eigenvalue weighted by Gasteiger charge is -2.51. The fraction of sp³-hybridized carbons (Fsp3) is 0.950. The van der Waals surface area contributed by atoms with Gasteiger partial charge in [-0.3, -0.25) is 15.4 Å². The molecule has 1 heterocycles. The summed E-state index contributed by atoms with van der Waals surface area (Å²) < 4.78 is 87.3. The average molecular weight is 460 g/mol. The van der Waals surface area contributed by atoms with Gasteiger partial charge in [0.15, 0.2) is 0 Å². The fourth-order valence-electron chi connectivity index (χ4n) is 5.32. The fourth-order valence-corrected chi connectivity index (χ4v) is 5.32. The van der Waals surface area contributed by atoms with Crippen molar-refractivity contribution in [2.75, 3.05) is 6.67 Å². The van der Waals surface area contributed by atoms with Crippen LogP contribution in [-0.2, 0) is 9.53 Å². The topological polar surface area (TPSA) is 70.6 Å². The first kappa shape index (κ1) is 24.6. The van der Waals surface area contributed by atoms with E-state index in [9.17, 15) is 36.2 Å². The zero-order chi connectivity index (χ0) is 23.5. The van der Waals surface area contributed by atoms with Crippen LogP contribution in [0.1, 0.15) is 65.7 Å². The molecule has 180 valence electrons. The number of aliphatic hydroxyl groups is 1. The Morgan fingerprint density at radius 3 is 2.16 bits per heavy atom. The van der Waals surface area contributed by atoms with E-state index in [4.69, 9.17) is 4.74 Å². The number of nitrogens with one attached hydrogen (secondary N) is 2. The molecule has 3 rings (SSSR count). The van der Waals surface area contributed by atoms with Gasteiger partial charge in [0.25, 0.3) is 5.60 Å². The van der Waals surface area contributed by atoms with Crippen LogP contribution in [0.2, 0.25) is 0 Å². The highest BCUT2D eigenvalue weighted by atomic mass is 19.4. The van der Waals surface area contributed by atoms with Gasteiger partial charge in [-0.05, 0) is 64.2 Å². The lowest BCUT2D eigenvalue weighted by Crippen LogP contribution is -2.77. The number of halogens is 6. The predicted octanol–water partition coefficient (Wildman–Crippen LogP) is 4.01. The summed E-state index contributed by atoms with van der Waals surface area (Å²) in [5.41, 5.74) is -8.52. The van der Waals surface area contributed by atoms with Crippen molar-refractivity contribution in [1.29, 1.82) is 0 Å². The summed E-state index contributed by atoms with van der Waals surface area (Å²) in [5, 5.41) is 15.9. The summed E-state index contributed by atoms with van der Waals surface area (Å²) in [4.78, 5) is 12.9. The Labute approximate surface area is 177 Å². The van der Waals surface area contributed by atoms with Gasteiger partial charge in [-0.1, -0.05) is 12.8 Å². The van der Waals surface area contributed by atoms with E-state index in [0.717, 1.165) is 6.42 Å². The summed E-state index contributed by atoms with van der Waals surface area (Å²) in [7, 11) is 0. The van der Waals surface area contributed by atoms with Crippen molar-refractivity contribution in [3.8, 4) is 0 Å². The molecule has 2 aliphatic carbocycles. The molecule has 3 N–H and O–H groups in total. The summed E-state index contributed by atoms with van der Waals surface area (Å²) in [6.07, 6.45) is -11.9. The Morgan fingerprint density at radius 1 is 1.10 bits per heavy atom. The van der Waals surface area contributed by atoms with E-state index in [1.807, 2.05) is 0 Å². The Hall–Kier alpha value is -1.07. The predicted molar refractivity (Wildman–Crippen MR) is 98.5 cm³/mol. The quantitative estimate of drug-likeness (QED) is 0.413. The van der Waals surface area contributed by atoms with Crippen molar-refractivity contribution in [3.63, 3.8) is 0 Å². The molecular weight excluding hydrogens is 430 g/mol. The van der Waals surface area contributed by atoms with Crippen molar-refractivity contribution in [2.45, 2.75) is 95.4 Å². The Kier molecular flexibility index (Phi) is 5.93. The van der Waals surface area contributed by atoms with E-state index in [-0.39, 0.29) is 5.92 Å². The third-order valence-corrected chi connectivity index (χ3v) is 7.97. The molecule has 5 nitrogen and oxygen atoms in total. The second-order valence-electron chi connectivity index (χ2n) is 10.1. The van der Waals surface area contributed by atoms with Crippen LogP contribution in [0.3, 0.4) is 0 Å². The maximum atomic E-state index is 13.7. The van der Waals surface area contributed by atoms with Gasteiger partial charge >= 0.3 is 18.3 Å². The smallest absolute Gasteiger partial charge is 0.430 e. The number of fused-ring (bicyclic) bond motifs is 2. The zero-order valence-electron chi connectivity index (χ0n) is 17.8. The standard InChI is InChI=1S/C20H30F6N2O3/c1-15(2,16(3)27-11-28-16)14(29)31-13(18(30,19(21,22)23)20(24,25)26)10-17-7-4-5-12(9-17)6-8-17/h12-13,27-28,30H,4-11H2,1-3H3. The number of carbonyl (C=O) groups is 1. The first-order chi connectivity index (χ1) is 14.0. The molecule has 1 aliphatic heterocycles. The summed E-state index contributed by atoms with van der Waals surface area (Å²) in [6, 6.07) is 0. The number of hydrogen-bond donors (Lipinski definition) is 3. The monoisotopic (exact) mass is 460 g/mol. The number of hydrogen-bond acceptors (Lipinski definition) is 5. The molecule has 2 bridgehead atoms. The molecule has 1 saturated heterocycles. The number of alkyl halides is 6. The van der Waals surface area contributed by atoms with E-state index in [1.54, 1.807) is 6.92 Å². The van der Waals surface area contributed by atoms with Crippen molar-refractivity contribution in [2.24, 2.45) is 16.7 Å². The van der Waals surface area contributed by atoms with Crippen molar-refractivity contribution >= 4 is 5.97 Å². The van der Waals surface area contributed by atoms with E-state index >= 15 is 0 Å². The van der Waals surface area contributed by atoms with E-state index in [0.29, 0.717) is 38.8 Å². The molecule has 0 amide bonds. The zero-order valence-corrected chi connectivity index (χ0v) is 17.8. The van der Waals surface area contributed by atoms with Crippen LogP contribution in [-0.4, -0.2) is 47.5 Å². The molecule has 3 aliphatic rings. The van der Waals surface area contributed by atoms with Gasteiger partial charge in [0.2, 0.25) is 0 Å². The van der Waals surface area contributed by atoms with Crippen LogP contribution >= 0.6 is 0 Å². The van der Waals surface area contributed by atoms with Crippen LogP contribution in [0, 0.1) is 16.7 Å². The number of carbonyl (C=O) groups excluding carboxylic acids is 1. The lowest BCUT2D eigenvalue weighted by molar-refractivity contribution is -0.394. The average Bonchev–Trinajstić information content (AvgIpc) is 2.89. The maximum Gasteiger partial charge on any atom is 0.430 e. The minimum absolute atomic E-state index is 0.244. The molecule has 31 heavy (non-hydrogen) atoms. The summed E-state index contributed by atoms with van der Waals surface area (Å²) in [6.45, 7) is 4.64. The molecule has 0 radical (unpaired) electrons. The lowest BCUT2D eigenvalue weighted by atomic mass is 9.70. The number of esters is 1. The molecule has 0 spiro atoms. The SMILES string of the molecule is CC1(C(C)(C)C(=O)OC(CC23CCCC(CC2)C3)C(O)(C(F)(F)F)C(F)(F)F)NCN1. The van der Waals surface area contributed by atoms with Gasteiger partial charge in [0, 0.05) is 6.67 Å². The third-order valence-electron chi connectivity index (χ3n) is 7.97. The Morgan fingerprint density at radius 2 is 1.68 bits per heavy atom. The molecule has 3 atom stereocenters. The molecule has 3 unspecified atom stereocenters. The highest BCUT2D eigenvalue weighted by molar-refractivity contribution is 5.78. The van der Waals surface area contributed by atoms with Crippen molar-refractivity contribution in [1.82, 2.24) is 10.6 Å². The molecule has 0 aromatic heterocycles. The van der Waals surface area contributed by atoms with Crippen LogP contribution in [0.4, 0.5) is 26.3 Å². The molecule has 3 fully saturated rings. The van der Waals surface area contributed by atoms with E-state index in [2.05, 4.69) is 10.6 Å². The first-order valence-electron chi connectivity index (χ1n) is 10.5. The van der Waals surface area contributed by atoms with E-state index < -0.39 is 52.9 Å². The normalized spacial score (nSPS) is 29.9. The molecule has 2 saturated carbocycles. The van der Waals surface area contributed by atoms with Crippen molar-refractivity contribution in [3.05, 3.63) is 0 Å². The van der Waals surface area contributed by atoms with Gasteiger partial charge < -0.3 is 9.84 Å². The largest absolute Gasteiger partial charge is 0.458 e. The third kappa shape index (κ3) is 3.94. The molecular formula is C20H30F6N2O3. The number of ether oxygens (including phenoxy) is 1. The second-order valence-corrected chi connectivity index (χ2v) is 10.1. The molecule has 0 aromatic rings. The second kappa shape index (κ2) is 7.48.